The van der Waals surface area contributed by atoms with Crippen LogP contribution < -0.4 is 10.6 Å². The second-order valence-electron chi connectivity index (χ2n) is 5.21. The van der Waals surface area contributed by atoms with Crippen LogP contribution in [0, 0.1) is 12.3 Å². The molecular formula is C13H20BrN3O2. The van der Waals surface area contributed by atoms with Gasteiger partial charge >= 0.3 is 6.03 Å². The van der Waals surface area contributed by atoms with Gasteiger partial charge in [0, 0.05) is 13.2 Å². The fraction of sp³-hybridized carbons (Fsp3) is 0.538. The molecule has 0 spiro atoms. The summed E-state index contributed by atoms with van der Waals surface area (Å²) >= 11 is 3.27. The third kappa shape index (κ3) is 5.57. The molecule has 0 aliphatic rings. The molecule has 6 heteroatoms. The van der Waals surface area contributed by atoms with E-state index in [1.165, 1.54) is 0 Å². The van der Waals surface area contributed by atoms with Gasteiger partial charge in [0.1, 0.15) is 4.60 Å². The number of anilines is 1. The predicted molar refractivity (Wildman–Crippen MR) is 79.2 cm³/mol. The number of carbonyl (C=O) groups is 1. The van der Waals surface area contributed by atoms with Crippen LogP contribution in [-0.2, 0) is 0 Å². The van der Waals surface area contributed by atoms with Crippen LogP contribution in [0.1, 0.15) is 26.0 Å². The van der Waals surface area contributed by atoms with E-state index in [-0.39, 0.29) is 18.1 Å². The largest absolute Gasteiger partial charge is 0.396 e. The van der Waals surface area contributed by atoms with E-state index >= 15 is 0 Å². The lowest BCUT2D eigenvalue weighted by Crippen LogP contribution is -2.37. The van der Waals surface area contributed by atoms with Gasteiger partial charge in [-0.3, -0.25) is 0 Å². The lowest BCUT2D eigenvalue weighted by Gasteiger charge is -2.23. The van der Waals surface area contributed by atoms with Crippen LogP contribution in [0.3, 0.4) is 0 Å². The fourth-order valence-electron chi connectivity index (χ4n) is 1.54. The number of aryl methyl sites for hydroxylation is 1. The molecule has 106 valence electrons. The lowest BCUT2D eigenvalue weighted by molar-refractivity contribution is 0.204. The van der Waals surface area contributed by atoms with Crippen molar-refractivity contribution in [2.45, 2.75) is 27.2 Å². The van der Waals surface area contributed by atoms with E-state index in [4.69, 9.17) is 5.11 Å². The summed E-state index contributed by atoms with van der Waals surface area (Å²) in [5, 5.41) is 14.5. The predicted octanol–water partition coefficient (Wildman–Crippen LogP) is 2.68. The van der Waals surface area contributed by atoms with Crippen molar-refractivity contribution in [3.05, 3.63) is 22.4 Å². The molecule has 0 aliphatic heterocycles. The van der Waals surface area contributed by atoms with E-state index in [0.29, 0.717) is 18.7 Å². The summed E-state index contributed by atoms with van der Waals surface area (Å²) in [6.45, 7) is 6.44. The van der Waals surface area contributed by atoms with Crippen molar-refractivity contribution in [3.63, 3.8) is 0 Å². The van der Waals surface area contributed by atoms with Gasteiger partial charge in [-0.05, 0) is 46.8 Å². The summed E-state index contributed by atoms with van der Waals surface area (Å²) in [5.74, 6) is 0. The van der Waals surface area contributed by atoms with Crippen LogP contribution in [0.25, 0.3) is 0 Å². The number of hydrogen-bond acceptors (Lipinski definition) is 3. The number of aliphatic hydroxyl groups is 1. The molecule has 0 aliphatic carbocycles. The Labute approximate surface area is 121 Å². The van der Waals surface area contributed by atoms with Gasteiger partial charge in [0.15, 0.2) is 0 Å². The first-order valence-corrected chi connectivity index (χ1v) is 6.92. The number of carbonyl (C=O) groups excluding carboxylic acids is 1. The molecule has 0 radical (unpaired) electrons. The molecular weight excluding hydrogens is 310 g/mol. The Hall–Kier alpha value is -1.14. The Kier molecular flexibility index (Phi) is 5.75. The molecule has 5 nitrogen and oxygen atoms in total. The maximum Gasteiger partial charge on any atom is 0.319 e. The maximum absolute atomic E-state index is 11.8. The highest BCUT2D eigenvalue weighted by Crippen LogP contribution is 2.19. The number of urea groups is 1. The quantitative estimate of drug-likeness (QED) is 0.727. The monoisotopic (exact) mass is 329 g/mol. The number of nitrogens with zero attached hydrogens (tertiary/aromatic N) is 1. The standard InChI is InChI=1S/C13H20BrN3O2/c1-9-10(4-5-11(14)16-9)17-12(19)15-8-13(2,3)6-7-18/h4-5,18H,6-8H2,1-3H3,(H2,15,17,19). The fourth-order valence-corrected chi connectivity index (χ4v) is 1.94. The average Bonchev–Trinajstić information content (AvgIpc) is 2.30. The number of rotatable bonds is 5. The summed E-state index contributed by atoms with van der Waals surface area (Å²) in [5.41, 5.74) is 1.30. The molecule has 0 atom stereocenters. The van der Waals surface area contributed by atoms with Crippen LogP contribution in [0.4, 0.5) is 10.5 Å². The van der Waals surface area contributed by atoms with Crippen molar-refractivity contribution in [3.8, 4) is 0 Å². The first-order chi connectivity index (χ1) is 8.84. The van der Waals surface area contributed by atoms with Gasteiger partial charge in [-0.25, -0.2) is 9.78 Å². The molecule has 1 aromatic heterocycles. The van der Waals surface area contributed by atoms with Crippen molar-refractivity contribution in [2.24, 2.45) is 5.41 Å². The molecule has 1 aromatic rings. The van der Waals surface area contributed by atoms with Crippen LogP contribution in [-0.4, -0.2) is 29.3 Å². The minimum absolute atomic E-state index is 0.117. The summed E-state index contributed by atoms with van der Waals surface area (Å²) in [4.78, 5) is 16.0. The van der Waals surface area contributed by atoms with Crippen LogP contribution in [0.5, 0.6) is 0 Å². The number of halogens is 1. The first-order valence-electron chi connectivity index (χ1n) is 6.13. The number of amides is 2. The SMILES string of the molecule is Cc1nc(Br)ccc1NC(=O)NCC(C)(C)CCO. The zero-order chi connectivity index (χ0) is 14.5. The van der Waals surface area contributed by atoms with Gasteiger partial charge in [0.05, 0.1) is 11.4 Å². The van der Waals surface area contributed by atoms with Crippen molar-refractivity contribution in [1.29, 1.82) is 0 Å². The van der Waals surface area contributed by atoms with Crippen LogP contribution in [0.2, 0.25) is 0 Å². The van der Waals surface area contributed by atoms with Crippen molar-refractivity contribution >= 4 is 27.6 Å². The molecule has 0 fully saturated rings. The van der Waals surface area contributed by atoms with Crippen LogP contribution >= 0.6 is 15.9 Å². The third-order valence-electron chi connectivity index (χ3n) is 2.82. The topological polar surface area (TPSA) is 74.2 Å². The highest BCUT2D eigenvalue weighted by molar-refractivity contribution is 9.10. The van der Waals surface area contributed by atoms with E-state index in [1.807, 2.05) is 20.8 Å². The van der Waals surface area contributed by atoms with Crippen molar-refractivity contribution in [1.82, 2.24) is 10.3 Å². The number of pyridine rings is 1. The Balaban J connectivity index is 2.52. The first kappa shape index (κ1) is 15.9. The van der Waals surface area contributed by atoms with Gasteiger partial charge in [-0.2, -0.15) is 0 Å². The molecule has 0 saturated heterocycles. The summed E-state index contributed by atoms with van der Waals surface area (Å²) in [6, 6.07) is 3.31. The molecule has 1 heterocycles. The molecule has 0 bridgehead atoms. The Morgan fingerprint density at radius 3 is 2.74 bits per heavy atom. The Bertz CT molecular complexity index is 450. The highest BCUT2D eigenvalue weighted by atomic mass is 79.9. The van der Waals surface area contributed by atoms with Gasteiger partial charge in [0.25, 0.3) is 0 Å². The zero-order valence-electron chi connectivity index (χ0n) is 11.5. The Morgan fingerprint density at radius 2 is 2.16 bits per heavy atom. The van der Waals surface area contributed by atoms with E-state index in [0.717, 1.165) is 10.3 Å². The second kappa shape index (κ2) is 6.86. The van der Waals surface area contributed by atoms with Crippen LogP contribution in [0.15, 0.2) is 16.7 Å². The maximum atomic E-state index is 11.8. The van der Waals surface area contributed by atoms with Crippen molar-refractivity contribution < 1.29 is 9.90 Å². The molecule has 0 aromatic carbocycles. The van der Waals surface area contributed by atoms with Crippen molar-refractivity contribution in [2.75, 3.05) is 18.5 Å². The van der Waals surface area contributed by atoms with Gasteiger partial charge in [-0.1, -0.05) is 13.8 Å². The minimum atomic E-state index is -0.266. The van der Waals surface area contributed by atoms with Gasteiger partial charge in [-0.15, -0.1) is 0 Å². The van der Waals surface area contributed by atoms with E-state index in [2.05, 4.69) is 31.5 Å². The normalized spacial score (nSPS) is 11.2. The summed E-state index contributed by atoms with van der Waals surface area (Å²) in [7, 11) is 0. The van der Waals surface area contributed by atoms with Gasteiger partial charge < -0.3 is 15.7 Å². The number of hydrogen-bond donors (Lipinski definition) is 3. The summed E-state index contributed by atoms with van der Waals surface area (Å²) in [6.07, 6.45) is 0.645. The molecule has 3 N–H and O–H groups in total. The highest BCUT2D eigenvalue weighted by Gasteiger charge is 2.18. The van der Waals surface area contributed by atoms with E-state index < -0.39 is 0 Å². The molecule has 1 rings (SSSR count). The third-order valence-corrected chi connectivity index (χ3v) is 3.26. The smallest absolute Gasteiger partial charge is 0.319 e. The van der Waals surface area contributed by atoms with E-state index in [9.17, 15) is 4.79 Å². The summed E-state index contributed by atoms with van der Waals surface area (Å²) < 4.78 is 0.736. The molecule has 19 heavy (non-hydrogen) atoms. The minimum Gasteiger partial charge on any atom is -0.396 e. The molecule has 2 amide bonds. The van der Waals surface area contributed by atoms with E-state index in [1.54, 1.807) is 12.1 Å². The zero-order valence-corrected chi connectivity index (χ0v) is 13.0. The molecule has 0 unspecified atom stereocenters. The lowest BCUT2D eigenvalue weighted by atomic mass is 9.90. The number of nitrogens with one attached hydrogen (secondary N) is 2. The number of aliphatic hydroxyl groups excluding tert-OH is 1. The van der Waals surface area contributed by atoms with Gasteiger partial charge in [0.2, 0.25) is 0 Å². The Morgan fingerprint density at radius 1 is 1.47 bits per heavy atom. The molecule has 0 saturated carbocycles. The second-order valence-corrected chi connectivity index (χ2v) is 6.02. The average molecular weight is 330 g/mol. The number of aromatic nitrogens is 1.